The minimum Gasteiger partial charge on any atom is -0.307 e. The SMILES string of the molecule is C[C@@H]1CCN(C(=O)c2ccc([N+](=O)[O-])cc2)c2ccccc2S1. The van der Waals surface area contributed by atoms with E-state index in [0.717, 1.165) is 17.0 Å². The average molecular weight is 328 g/mol. The Morgan fingerprint density at radius 1 is 1.22 bits per heavy atom. The Labute approximate surface area is 138 Å². The zero-order valence-corrected chi connectivity index (χ0v) is 13.5. The second-order valence-corrected chi connectivity index (χ2v) is 6.93. The summed E-state index contributed by atoms with van der Waals surface area (Å²) in [6, 6.07) is 13.6. The summed E-state index contributed by atoms with van der Waals surface area (Å²) >= 11 is 1.77. The molecular weight excluding hydrogens is 312 g/mol. The molecule has 0 aromatic heterocycles. The molecule has 0 aliphatic carbocycles. The predicted molar refractivity (Wildman–Crippen MR) is 91.2 cm³/mol. The smallest absolute Gasteiger partial charge is 0.269 e. The Morgan fingerprint density at radius 3 is 2.61 bits per heavy atom. The van der Waals surface area contributed by atoms with Gasteiger partial charge in [-0.05, 0) is 30.7 Å². The van der Waals surface area contributed by atoms with E-state index in [1.54, 1.807) is 16.7 Å². The number of fused-ring (bicyclic) bond motifs is 1. The van der Waals surface area contributed by atoms with Gasteiger partial charge in [-0.25, -0.2) is 0 Å². The van der Waals surface area contributed by atoms with Crippen LogP contribution in [0.3, 0.4) is 0 Å². The predicted octanol–water partition coefficient (Wildman–Crippen LogP) is 4.13. The Hall–Kier alpha value is -2.34. The van der Waals surface area contributed by atoms with Crippen molar-refractivity contribution in [2.75, 3.05) is 11.4 Å². The summed E-state index contributed by atoms with van der Waals surface area (Å²) < 4.78 is 0. The quantitative estimate of drug-likeness (QED) is 0.614. The van der Waals surface area contributed by atoms with E-state index in [0.29, 0.717) is 17.4 Å². The van der Waals surface area contributed by atoms with E-state index in [9.17, 15) is 14.9 Å². The first kappa shape index (κ1) is 15.6. The third-order valence-electron chi connectivity index (χ3n) is 3.81. The lowest BCUT2D eigenvalue weighted by Gasteiger charge is -2.22. The van der Waals surface area contributed by atoms with Gasteiger partial charge in [0.2, 0.25) is 0 Å². The molecule has 0 saturated carbocycles. The molecule has 5 nitrogen and oxygen atoms in total. The molecule has 23 heavy (non-hydrogen) atoms. The molecule has 1 aliphatic rings. The molecule has 0 radical (unpaired) electrons. The highest BCUT2D eigenvalue weighted by Gasteiger charge is 2.25. The van der Waals surface area contributed by atoms with Gasteiger partial charge in [0.15, 0.2) is 0 Å². The fourth-order valence-corrected chi connectivity index (χ4v) is 3.69. The van der Waals surface area contributed by atoms with Crippen molar-refractivity contribution in [2.24, 2.45) is 0 Å². The molecule has 1 amide bonds. The van der Waals surface area contributed by atoms with Gasteiger partial charge in [0, 0.05) is 34.4 Å². The van der Waals surface area contributed by atoms with E-state index in [-0.39, 0.29) is 11.6 Å². The summed E-state index contributed by atoms with van der Waals surface area (Å²) in [5.74, 6) is -0.123. The first-order chi connectivity index (χ1) is 11.1. The van der Waals surface area contributed by atoms with Gasteiger partial charge in [-0.3, -0.25) is 14.9 Å². The maximum absolute atomic E-state index is 12.8. The van der Waals surface area contributed by atoms with Gasteiger partial charge in [-0.15, -0.1) is 11.8 Å². The number of nitro groups is 1. The van der Waals surface area contributed by atoms with Gasteiger partial charge < -0.3 is 4.90 Å². The molecule has 0 bridgehead atoms. The van der Waals surface area contributed by atoms with E-state index >= 15 is 0 Å². The van der Waals surface area contributed by atoms with Crippen molar-refractivity contribution in [3.8, 4) is 0 Å². The fourth-order valence-electron chi connectivity index (χ4n) is 2.58. The number of nitrogens with zero attached hydrogens (tertiary/aromatic N) is 2. The number of carbonyl (C=O) groups excluding carboxylic acids is 1. The highest BCUT2D eigenvalue weighted by atomic mass is 32.2. The first-order valence-corrected chi connectivity index (χ1v) is 8.26. The van der Waals surface area contributed by atoms with Crippen molar-refractivity contribution < 1.29 is 9.72 Å². The molecule has 0 fully saturated rings. The highest BCUT2D eigenvalue weighted by Crippen LogP contribution is 2.37. The van der Waals surface area contributed by atoms with Crippen molar-refractivity contribution in [1.82, 2.24) is 0 Å². The zero-order chi connectivity index (χ0) is 16.4. The highest BCUT2D eigenvalue weighted by molar-refractivity contribution is 8.00. The van der Waals surface area contributed by atoms with Crippen LogP contribution < -0.4 is 4.90 Å². The number of para-hydroxylation sites is 1. The standard InChI is InChI=1S/C17H16N2O3S/c1-12-10-11-18(15-4-2-3-5-16(15)23-12)17(20)13-6-8-14(9-7-13)19(21)22/h2-9,12H,10-11H2,1H3/t12-/m1/s1. The van der Waals surface area contributed by atoms with E-state index in [2.05, 4.69) is 6.92 Å². The van der Waals surface area contributed by atoms with Crippen LogP contribution in [0.15, 0.2) is 53.4 Å². The van der Waals surface area contributed by atoms with Crippen molar-refractivity contribution in [3.63, 3.8) is 0 Å². The van der Waals surface area contributed by atoms with Crippen molar-refractivity contribution >= 4 is 29.0 Å². The molecule has 1 atom stereocenters. The zero-order valence-electron chi connectivity index (χ0n) is 12.6. The van der Waals surface area contributed by atoms with Crippen LogP contribution in [0.5, 0.6) is 0 Å². The lowest BCUT2D eigenvalue weighted by molar-refractivity contribution is -0.384. The summed E-state index contributed by atoms with van der Waals surface area (Å²) in [7, 11) is 0. The Bertz CT molecular complexity index is 746. The fraction of sp³-hybridized carbons (Fsp3) is 0.235. The van der Waals surface area contributed by atoms with Gasteiger partial charge in [-0.2, -0.15) is 0 Å². The maximum Gasteiger partial charge on any atom is 0.269 e. The minimum absolute atomic E-state index is 0.0120. The van der Waals surface area contributed by atoms with Gasteiger partial charge in [-0.1, -0.05) is 19.1 Å². The third-order valence-corrected chi connectivity index (χ3v) is 5.05. The summed E-state index contributed by atoms with van der Waals surface area (Å²) in [6.45, 7) is 2.79. The molecule has 1 heterocycles. The number of hydrogen-bond acceptors (Lipinski definition) is 4. The normalized spacial score (nSPS) is 17.3. The number of amides is 1. The largest absolute Gasteiger partial charge is 0.307 e. The number of anilines is 1. The number of non-ortho nitro benzene ring substituents is 1. The van der Waals surface area contributed by atoms with Gasteiger partial charge >= 0.3 is 0 Å². The van der Waals surface area contributed by atoms with E-state index in [1.165, 1.54) is 24.3 Å². The van der Waals surface area contributed by atoms with E-state index in [1.807, 2.05) is 24.3 Å². The molecule has 1 aliphatic heterocycles. The molecule has 6 heteroatoms. The van der Waals surface area contributed by atoms with Gasteiger partial charge in [0.05, 0.1) is 10.6 Å². The number of nitro benzene ring substituents is 1. The molecule has 118 valence electrons. The van der Waals surface area contributed by atoms with Crippen LogP contribution >= 0.6 is 11.8 Å². The summed E-state index contributed by atoms with van der Waals surface area (Å²) in [5, 5.41) is 11.2. The van der Waals surface area contributed by atoms with Crippen LogP contribution in [0.25, 0.3) is 0 Å². The molecule has 0 unspecified atom stereocenters. The van der Waals surface area contributed by atoms with Crippen LogP contribution in [-0.4, -0.2) is 22.6 Å². The first-order valence-electron chi connectivity index (χ1n) is 7.38. The van der Waals surface area contributed by atoms with Gasteiger partial charge in [0.1, 0.15) is 0 Å². The number of carbonyl (C=O) groups is 1. The monoisotopic (exact) mass is 328 g/mol. The molecular formula is C17H16N2O3S. The van der Waals surface area contributed by atoms with Crippen molar-refractivity contribution in [1.29, 1.82) is 0 Å². The topological polar surface area (TPSA) is 63.5 Å². The third kappa shape index (κ3) is 3.22. The molecule has 0 spiro atoms. The second-order valence-electron chi connectivity index (χ2n) is 5.45. The second kappa shape index (κ2) is 6.42. The summed E-state index contributed by atoms with van der Waals surface area (Å²) in [4.78, 5) is 26.0. The molecule has 2 aromatic carbocycles. The number of hydrogen-bond donors (Lipinski definition) is 0. The van der Waals surface area contributed by atoms with E-state index < -0.39 is 4.92 Å². The maximum atomic E-state index is 12.8. The number of thioether (sulfide) groups is 1. The Kier molecular flexibility index (Phi) is 4.34. The van der Waals surface area contributed by atoms with Crippen LogP contribution in [0, 0.1) is 10.1 Å². The number of benzene rings is 2. The average Bonchev–Trinajstić information content (AvgIpc) is 2.72. The van der Waals surface area contributed by atoms with Crippen molar-refractivity contribution in [2.45, 2.75) is 23.5 Å². The van der Waals surface area contributed by atoms with Crippen molar-refractivity contribution in [3.05, 3.63) is 64.2 Å². The van der Waals surface area contributed by atoms with Crippen LogP contribution in [0.1, 0.15) is 23.7 Å². The molecule has 0 N–H and O–H groups in total. The molecule has 0 saturated heterocycles. The molecule has 3 rings (SSSR count). The van der Waals surface area contributed by atoms with Crippen LogP contribution in [0.4, 0.5) is 11.4 Å². The Balaban J connectivity index is 1.94. The van der Waals surface area contributed by atoms with Gasteiger partial charge in [0.25, 0.3) is 11.6 Å². The van der Waals surface area contributed by atoms with E-state index in [4.69, 9.17) is 0 Å². The Morgan fingerprint density at radius 2 is 1.91 bits per heavy atom. The minimum atomic E-state index is -0.464. The van der Waals surface area contributed by atoms with Crippen LogP contribution in [-0.2, 0) is 0 Å². The summed E-state index contributed by atoms with van der Waals surface area (Å²) in [6.07, 6.45) is 0.901. The lowest BCUT2D eigenvalue weighted by atomic mass is 10.1. The lowest BCUT2D eigenvalue weighted by Crippen LogP contribution is -2.32. The molecule has 2 aromatic rings. The van der Waals surface area contributed by atoms with Crippen LogP contribution in [0.2, 0.25) is 0 Å². The summed E-state index contributed by atoms with van der Waals surface area (Å²) in [5.41, 5.74) is 1.36. The number of rotatable bonds is 2.